The maximum absolute atomic E-state index is 12.8. The summed E-state index contributed by atoms with van der Waals surface area (Å²) >= 11 is 1.43. The summed E-state index contributed by atoms with van der Waals surface area (Å²) < 4.78 is 27.1. The number of nitrogen functional groups attached to an aromatic ring is 1. The predicted octanol–water partition coefficient (Wildman–Crippen LogP) is 0.704. The van der Waals surface area contributed by atoms with E-state index in [-0.39, 0.29) is 16.1 Å². The Balaban J connectivity index is 1.72. The second-order valence-electron chi connectivity index (χ2n) is 7.05. The van der Waals surface area contributed by atoms with Gasteiger partial charge in [0.25, 0.3) is 0 Å². The zero-order valence-electron chi connectivity index (χ0n) is 17.0. The van der Waals surface area contributed by atoms with Crippen molar-refractivity contribution in [3.05, 3.63) is 24.2 Å². The lowest BCUT2D eigenvalue weighted by atomic mass is 10.4. The fourth-order valence-corrected chi connectivity index (χ4v) is 4.98. The van der Waals surface area contributed by atoms with E-state index in [2.05, 4.69) is 24.8 Å². The van der Waals surface area contributed by atoms with Crippen molar-refractivity contribution >= 4 is 33.7 Å². The van der Waals surface area contributed by atoms with Crippen molar-refractivity contribution in [1.82, 2.24) is 29.1 Å². The molecule has 0 aromatic carbocycles. The number of nitrogens with two attached hydrogens (primary N) is 1. The number of thioether (sulfide) groups is 1. The van der Waals surface area contributed by atoms with Crippen LogP contribution in [0.5, 0.6) is 0 Å². The minimum absolute atomic E-state index is 0.133. The predicted molar refractivity (Wildman–Crippen MR) is 113 cm³/mol. The molecule has 2 N–H and O–H groups in total. The Hall–Kier alpha value is -2.02. The van der Waals surface area contributed by atoms with E-state index in [0.29, 0.717) is 29.9 Å². The summed E-state index contributed by atoms with van der Waals surface area (Å²) in [7, 11) is 2.12. The first-order valence-corrected chi connectivity index (χ1v) is 11.5. The third kappa shape index (κ3) is 5.13. The molecule has 12 heteroatoms. The van der Waals surface area contributed by atoms with Crippen molar-refractivity contribution in [3.8, 4) is 0 Å². The average Bonchev–Trinajstić information content (AvgIpc) is 2.68. The molecule has 0 radical (unpaired) electrons. The van der Waals surface area contributed by atoms with Crippen molar-refractivity contribution in [2.24, 2.45) is 0 Å². The quantitative estimate of drug-likeness (QED) is 0.645. The van der Waals surface area contributed by atoms with Crippen molar-refractivity contribution in [2.45, 2.75) is 22.1 Å². The summed E-state index contributed by atoms with van der Waals surface area (Å²) in [5.74, 6) is 1.19. The van der Waals surface area contributed by atoms with Crippen molar-refractivity contribution in [1.29, 1.82) is 0 Å². The number of pyridine rings is 1. The molecule has 0 amide bonds. The first-order valence-electron chi connectivity index (χ1n) is 9.17. The fourth-order valence-electron chi connectivity index (χ4n) is 2.78. The van der Waals surface area contributed by atoms with Gasteiger partial charge < -0.3 is 15.5 Å². The number of sulfonamides is 1. The molecule has 0 unspecified atom stereocenters. The minimum Gasteiger partial charge on any atom is -0.368 e. The summed E-state index contributed by atoms with van der Waals surface area (Å²) in [6.45, 7) is 4.36. The Bertz CT molecular complexity index is 944. The number of rotatable bonds is 6. The molecule has 3 heterocycles. The molecule has 1 saturated heterocycles. The number of hydrogen-bond acceptors (Lipinski definition) is 10. The van der Waals surface area contributed by atoms with Gasteiger partial charge in [0, 0.05) is 46.5 Å². The van der Waals surface area contributed by atoms with E-state index in [0.717, 1.165) is 13.1 Å². The van der Waals surface area contributed by atoms with E-state index in [4.69, 9.17) is 5.73 Å². The summed E-state index contributed by atoms with van der Waals surface area (Å²) in [6.07, 6.45) is 1.41. The highest BCUT2D eigenvalue weighted by Gasteiger charge is 2.27. The topological polar surface area (TPSA) is 121 Å². The van der Waals surface area contributed by atoms with Gasteiger partial charge >= 0.3 is 0 Å². The highest BCUT2D eigenvalue weighted by atomic mass is 32.2. The van der Waals surface area contributed by atoms with Crippen LogP contribution in [-0.4, -0.2) is 84.9 Å². The molecule has 1 fully saturated rings. The molecule has 1 atom stereocenters. The van der Waals surface area contributed by atoms with Crippen LogP contribution in [0, 0.1) is 0 Å². The molecule has 29 heavy (non-hydrogen) atoms. The fraction of sp³-hybridized carbons (Fsp3) is 0.529. The van der Waals surface area contributed by atoms with Crippen LogP contribution in [0.4, 0.5) is 11.9 Å². The zero-order chi connectivity index (χ0) is 21.2. The van der Waals surface area contributed by atoms with Gasteiger partial charge in [-0.1, -0.05) is 11.8 Å². The summed E-state index contributed by atoms with van der Waals surface area (Å²) in [5, 5.41) is 0.548. The SMILES string of the molecule is C[C@H](Sc1ccc(S(=O)(=O)N2CCN(C)CC2)cn1)c1nc(N)nc(N(C)C)n1. The molecule has 158 valence electrons. The largest absolute Gasteiger partial charge is 0.368 e. The molecule has 3 rings (SSSR count). The maximum Gasteiger partial charge on any atom is 0.244 e. The van der Waals surface area contributed by atoms with E-state index in [1.807, 2.05) is 28.1 Å². The van der Waals surface area contributed by atoms with Crippen LogP contribution in [-0.2, 0) is 10.0 Å². The van der Waals surface area contributed by atoms with Gasteiger partial charge in [-0.3, -0.25) is 0 Å². The maximum atomic E-state index is 12.8. The van der Waals surface area contributed by atoms with Gasteiger partial charge in [-0.15, -0.1) is 0 Å². The second-order valence-corrected chi connectivity index (χ2v) is 10.3. The molecule has 0 aliphatic carbocycles. The standard InChI is InChI=1S/C17H26N8O2S2/c1-12(15-20-16(18)22-17(21-15)23(2)3)28-14-6-5-13(11-19-14)29(26,27)25-9-7-24(4)8-10-25/h5-6,11-12H,7-10H2,1-4H3,(H2,18,20,21,22)/t12-/m0/s1. The Morgan fingerprint density at radius 2 is 1.83 bits per heavy atom. The highest BCUT2D eigenvalue weighted by Crippen LogP contribution is 2.33. The van der Waals surface area contributed by atoms with Crippen LogP contribution in [0.3, 0.4) is 0 Å². The summed E-state index contributed by atoms with van der Waals surface area (Å²) in [5.41, 5.74) is 5.79. The smallest absolute Gasteiger partial charge is 0.244 e. The van der Waals surface area contributed by atoms with Crippen molar-refractivity contribution < 1.29 is 8.42 Å². The van der Waals surface area contributed by atoms with Crippen LogP contribution >= 0.6 is 11.8 Å². The highest BCUT2D eigenvalue weighted by molar-refractivity contribution is 7.99. The third-order valence-corrected chi connectivity index (χ3v) is 7.46. The Morgan fingerprint density at radius 3 is 2.41 bits per heavy atom. The first kappa shape index (κ1) is 21.7. The van der Waals surface area contributed by atoms with Crippen LogP contribution < -0.4 is 10.6 Å². The van der Waals surface area contributed by atoms with E-state index >= 15 is 0 Å². The van der Waals surface area contributed by atoms with Crippen LogP contribution in [0.15, 0.2) is 28.3 Å². The Morgan fingerprint density at radius 1 is 1.14 bits per heavy atom. The number of aromatic nitrogens is 4. The molecule has 10 nitrogen and oxygen atoms in total. The third-order valence-electron chi connectivity index (χ3n) is 4.53. The monoisotopic (exact) mass is 438 g/mol. The van der Waals surface area contributed by atoms with Crippen LogP contribution in [0.2, 0.25) is 0 Å². The van der Waals surface area contributed by atoms with Gasteiger partial charge in [0.15, 0.2) is 0 Å². The average molecular weight is 439 g/mol. The van der Waals surface area contributed by atoms with Crippen LogP contribution in [0.25, 0.3) is 0 Å². The lowest BCUT2D eigenvalue weighted by Crippen LogP contribution is -2.47. The van der Waals surface area contributed by atoms with Gasteiger partial charge in [-0.25, -0.2) is 13.4 Å². The van der Waals surface area contributed by atoms with E-state index in [1.165, 1.54) is 22.3 Å². The first-order chi connectivity index (χ1) is 13.7. The summed E-state index contributed by atoms with van der Waals surface area (Å²) in [6, 6.07) is 3.31. The second kappa shape index (κ2) is 8.78. The molecule has 0 bridgehead atoms. The Labute approximate surface area is 175 Å². The molecule has 0 spiro atoms. The number of likely N-dealkylation sites (N-methyl/N-ethyl adjacent to an activating group) is 1. The molecule has 1 aliphatic heterocycles. The van der Waals surface area contributed by atoms with E-state index in [1.54, 1.807) is 17.0 Å². The van der Waals surface area contributed by atoms with Gasteiger partial charge in [-0.05, 0) is 26.1 Å². The number of hydrogen-bond donors (Lipinski definition) is 1. The number of nitrogens with zero attached hydrogens (tertiary/aromatic N) is 7. The molecule has 2 aromatic heterocycles. The Kier molecular flexibility index (Phi) is 6.56. The molecule has 1 aliphatic rings. The molecule has 2 aromatic rings. The van der Waals surface area contributed by atoms with Gasteiger partial charge in [0.2, 0.25) is 21.9 Å². The lowest BCUT2D eigenvalue weighted by molar-refractivity contribution is 0.222. The summed E-state index contributed by atoms with van der Waals surface area (Å²) in [4.78, 5) is 21.1. The zero-order valence-corrected chi connectivity index (χ0v) is 18.6. The van der Waals surface area contributed by atoms with E-state index in [9.17, 15) is 8.42 Å². The van der Waals surface area contributed by atoms with Crippen molar-refractivity contribution in [3.63, 3.8) is 0 Å². The normalized spacial score (nSPS) is 17.2. The molecule has 0 saturated carbocycles. The molecular formula is C17H26N8O2S2. The molecular weight excluding hydrogens is 412 g/mol. The van der Waals surface area contributed by atoms with Gasteiger partial charge in [0.1, 0.15) is 10.7 Å². The number of anilines is 2. The van der Waals surface area contributed by atoms with Crippen molar-refractivity contribution in [2.75, 3.05) is 58.0 Å². The van der Waals surface area contributed by atoms with Gasteiger partial charge in [-0.2, -0.15) is 19.3 Å². The minimum atomic E-state index is -3.52. The van der Waals surface area contributed by atoms with E-state index < -0.39 is 10.0 Å². The van der Waals surface area contributed by atoms with Gasteiger partial charge in [0.05, 0.1) is 10.3 Å². The van der Waals surface area contributed by atoms with Crippen LogP contribution in [0.1, 0.15) is 18.0 Å². The number of piperazine rings is 1. The lowest BCUT2D eigenvalue weighted by Gasteiger charge is -2.31.